The van der Waals surface area contributed by atoms with Gasteiger partial charge in [-0.05, 0) is 34.5 Å². The van der Waals surface area contributed by atoms with Gasteiger partial charge in [-0.1, -0.05) is 13.3 Å². The summed E-state index contributed by atoms with van der Waals surface area (Å²) in [4.78, 5) is 4.35. The van der Waals surface area contributed by atoms with Crippen molar-refractivity contribution >= 4 is 27.5 Å². The summed E-state index contributed by atoms with van der Waals surface area (Å²) in [5.74, 6) is 0.632. The predicted octanol–water partition coefficient (Wildman–Crippen LogP) is 2.72. The van der Waals surface area contributed by atoms with Gasteiger partial charge >= 0.3 is 0 Å². The summed E-state index contributed by atoms with van der Waals surface area (Å²) in [6, 6.07) is 3.86. The number of aromatic nitrogens is 3. The Morgan fingerprint density at radius 1 is 1.39 bits per heavy atom. The number of ether oxygens (including phenoxy) is 1. The molecule has 5 nitrogen and oxygen atoms in total. The van der Waals surface area contributed by atoms with Crippen molar-refractivity contribution in [3.63, 3.8) is 0 Å². The van der Waals surface area contributed by atoms with Gasteiger partial charge in [0.15, 0.2) is 5.65 Å². The lowest BCUT2D eigenvalue weighted by Gasteiger charge is -2.03. The molecule has 2 aromatic rings. The van der Waals surface area contributed by atoms with Gasteiger partial charge < -0.3 is 10.1 Å². The summed E-state index contributed by atoms with van der Waals surface area (Å²) in [6.45, 7) is 4.38. The fourth-order valence-electron chi connectivity index (χ4n) is 1.52. The molecule has 0 saturated heterocycles. The number of anilines is 1. The molecule has 6 heteroatoms. The molecule has 0 unspecified atom stereocenters. The fourth-order valence-corrected chi connectivity index (χ4v) is 1.84. The van der Waals surface area contributed by atoms with Crippen molar-refractivity contribution in [2.24, 2.45) is 0 Å². The van der Waals surface area contributed by atoms with Crippen molar-refractivity contribution < 1.29 is 4.74 Å². The second-order valence-electron chi connectivity index (χ2n) is 3.98. The van der Waals surface area contributed by atoms with Gasteiger partial charge in [-0.2, -0.15) is 4.98 Å². The molecule has 0 fully saturated rings. The molecular weight excluding hydrogens is 296 g/mol. The number of unbranched alkanes of at least 4 members (excludes halogenated alkanes) is 1. The molecule has 18 heavy (non-hydrogen) atoms. The highest BCUT2D eigenvalue weighted by Crippen LogP contribution is 2.11. The van der Waals surface area contributed by atoms with Gasteiger partial charge in [0.05, 0.1) is 6.61 Å². The summed E-state index contributed by atoms with van der Waals surface area (Å²) in [6.07, 6.45) is 4.15. The van der Waals surface area contributed by atoms with Gasteiger partial charge in [0.25, 0.3) is 0 Å². The summed E-state index contributed by atoms with van der Waals surface area (Å²) in [5, 5.41) is 7.46. The smallest absolute Gasteiger partial charge is 0.243 e. The Morgan fingerprint density at radius 2 is 2.28 bits per heavy atom. The number of hydrogen-bond donors (Lipinski definition) is 1. The van der Waals surface area contributed by atoms with Crippen molar-refractivity contribution in [3.8, 4) is 0 Å². The van der Waals surface area contributed by atoms with Crippen LogP contribution in [0.2, 0.25) is 0 Å². The lowest BCUT2D eigenvalue weighted by molar-refractivity contribution is 0.141. The van der Waals surface area contributed by atoms with E-state index < -0.39 is 0 Å². The molecule has 0 spiro atoms. The first-order valence-corrected chi connectivity index (χ1v) is 6.92. The van der Waals surface area contributed by atoms with Crippen LogP contribution in [0.5, 0.6) is 0 Å². The quantitative estimate of drug-likeness (QED) is 0.799. The number of hydrogen-bond acceptors (Lipinski definition) is 4. The third-order valence-corrected chi connectivity index (χ3v) is 2.94. The SMILES string of the molecule is CCCCOCCNc1nc2ccc(Br)cn2n1. The Morgan fingerprint density at radius 3 is 3.11 bits per heavy atom. The Labute approximate surface area is 115 Å². The van der Waals surface area contributed by atoms with Crippen LogP contribution in [-0.2, 0) is 4.74 Å². The van der Waals surface area contributed by atoms with Gasteiger partial charge in [-0.25, -0.2) is 4.52 Å². The van der Waals surface area contributed by atoms with Gasteiger partial charge in [0.1, 0.15) is 0 Å². The highest BCUT2D eigenvalue weighted by atomic mass is 79.9. The second-order valence-corrected chi connectivity index (χ2v) is 4.89. The lowest BCUT2D eigenvalue weighted by Crippen LogP contribution is -2.10. The number of nitrogens with zero attached hydrogens (tertiary/aromatic N) is 3. The lowest BCUT2D eigenvalue weighted by atomic mass is 10.4. The molecular formula is C12H17BrN4O. The van der Waals surface area contributed by atoms with E-state index in [9.17, 15) is 0 Å². The van der Waals surface area contributed by atoms with Crippen LogP contribution in [0.4, 0.5) is 5.95 Å². The molecule has 0 saturated carbocycles. The zero-order valence-corrected chi connectivity index (χ0v) is 12.0. The molecule has 0 radical (unpaired) electrons. The van der Waals surface area contributed by atoms with E-state index in [0.29, 0.717) is 12.6 Å². The van der Waals surface area contributed by atoms with E-state index in [-0.39, 0.29) is 0 Å². The highest BCUT2D eigenvalue weighted by molar-refractivity contribution is 9.10. The summed E-state index contributed by atoms with van der Waals surface area (Å²) in [5.41, 5.74) is 0.826. The first-order chi connectivity index (χ1) is 8.79. The standard InChI is InChI=1S/C12H17BrN4O/c1-2-3-7-18-8-6-14-12-15-11-5-4-10(13)9-17(11)16-12/h4-5,9H,2-3,6-8H2,1H3,(H,14,16). The number of nitrogens with one attached hydrogen (secondary N) is 1. The molecule has 0 aliphatic heterocycles. The number of pyridine rings is 1. The van der Waals surface area contributed by atoms with Crippen LogP contribution in [0.3, 0.4) is 0 Å². The normalized spacial score (nSPS) is 11.0. The van der Waals surface area contributed by atoms with E-state index in [0.717, 1.165) is 36.1 Å². The van der Waals surface area contributed by atoms with Gasteiger partial charge in [-0.3, -0.25) is 0 Å². The van der Waals surface area contributed by atoms with E-state index in [1.54, 1.807) is 4.52 Å². The average molecular weight is 313 g/mol. The molecule has 2 heterocycles. The monoisotopic (exact) mass is 312 g/mol. The van der Waals surface area contributed by atoms with Crippen LogP contribution in [0.25, 0.3) is 5.65 Å². The number of fused-ring (bicyclic) bond motifs is 1. The van der Waals surface area contributed by atoms with Gasteiger partial charge in [-0.15, -0.1) is 5.10 Å². The first-order valence-electron chi connectivity index (χ1n) is 6.13. The molecule has 0 aliphatic carbocycles. The van der Waals surface area contributed by atoms with Crippen molar-refractivity contribution in [2.75, 3.05) is 25.1 Å². The first kappa shape index (κ1) is 13.3. The average Bonchev–Trinajstić information content (AvgIpc) is 2.75. The van der Waals surface area contributed by atoms with Gasteiger partial charge in [0, 0.05) is 23.8 Å². The number of halogens is 1. The maximum atomic E-state index is 5.46. The molecule has 0 aromatic carbocycles. The molecule has 1 N–H and O–H groups in total. The molecule has 0 atom stereocenters. The largest absolute Gasteiger partial charge is 0.380 e. The maximum Gasteiger partial charge on any atom is 0.243 e. The third-order valence-electron chi connectivity index (χ3n) is 2.47. The van der Waals surface area contributed by atoms with Crippen molar-refractivity contribution in [3.05, 3.63) is 22.8 Å². The summed E-state index contributed by atoms with van der Waals surface area (Å²) < 4.78 is 8.18. The zero-order valence-electron chi connectivity index (χ0n) is 10.4. The summed E-state index contributed by atoms with van der Waals surface area (Å²) >= 11 is 3.40. The van der Waals surface area contributed by atoms with E-state index in [1.165, 1.54) is 0 Å². The Hall–Kier alpha value is -1.14. The minimum absolute atomic E-state index is 0.632. The van der Waals surface area contributed by atoms with Crippen LogP contribution >= 0.6 is 15.9 Å². The third kappa shape index (κ3) is 3.68. The van der Waals surface area contributed by atoms with E-state index >= 15 is 0 Å². The fraction of sp³-hybridized carbons (Fsp3) is 0.500. The molecule has 2 rings (SSSR count). The van der Waals surface area contributed by atoms with Crippen LogP contribution in [0, 0.1) is 0 Å². The Kier molecular flexibility index (Phi) is 4.95. The maximum absolute atomic E-state index is 5.46. The van der Waals surface area contributed by atoms with Crippen molar-refractivity contribution in [1.29, 1.82) is 0 Å². The minimum atomic E-state index is 0.632. The second kappa shape index (κ2) is 6.70. The van der Waals surface area contributed by atoms with Crippen molar-refractivity contribution in [2.45, 2.75) is 19.8 Å². The van der Waals surface area contributed by atoms with Gasteiger partial charge in [0.2, 0.25) is 5.95 Å². The van der Waals surface area contributed by atoms with Crippen LogP contribution in [-0.4, -0.2) is 34.4 Å². The van der Waals surface area contributed by atoms with Crippen molar-refractivity contribution in [1.82, 2.24) is 14.6 Å². The molecule has 0 bridgehead atoms. The molecule has 2 aromatic heterocycles. The zero-order chi connectivity index (χ0) is 12.8. The Bertz CT molecular complexity index is 500. The molecule has 0 aliphatic rings. The van der Waals surface area contributed by atoms with Crippen LogP contribution in [0.1, 0.15) is 19.8 Å². The highest BCUT2D eigenvalue weighted by Gasteiger charge is 2.02. The van der Waals surface area contributed by atoms with Crippen LogP contribution in [0.15, 0.2) is 22.8 Å². The van der Waals surface area contributed by atoms with Crippen LogP contribution < -0.4 is 5.32 Å². The number of rotatable bonds is 7. The Balaban J connectivity index is 1.81. The summed E-state index contributed by atoms with van der Waals surface area (Å²) in [7, 11) is 0. The predicted molar refractivity (Wildman–Crippen MR) is 74.9 cm³/mol. The molecule has 98 valence electrons. The van der Waals surface area contributed by atoms with E-state index in [2.05, 4.69) is 38.3 Å². The minimum Gasteiger partial charge on any atom is -0.380 e. The molecule has 0 amide bonds. The topological polar surface area (TPSA) is 51.5 Å². The van der Waals surface area contributed by atoms with E-state index in [4.69, 9.17) is 4.74 Å². The van der Waals surface area contributed by atoms with E-state index in [1.807, 2.05) is 18.3 Å².